The molecule has 3 rings (SSSR count). The Balaban J connectivity index is 1.83. The van der Waals surface area contributed by atoms with Crippen molar-refractivity contribution >= 4 is 11.3 Å². The van der Waals surface area contributed by atoms with Gasteiger partial charge in [-0.25, -0.2) is 0 Å². The van der Waals surface area contributed by atoms with Crippen molar-refractivity contribution in [2.75, 3.05) is 7.11 Å². The summed E-state index contributed by atoms with van der Waals surface area (Å²) in [6.07, 6.45) is 5.93. The van der Waals surface area contributed by atoms with E-state index in [1.54, 1.807) is 12.0 Å². The zero-order valence-corrected chi connectivity index (χ0v) is 13.2. The van der Waals surface area contributed by atoms with E-state index in [2.05, 4.69) is 17.6 Å². The molecule has 0 amide bonds. The Morgan fingerprint density at radius 3 is 2.86 bits per heavy atom. The van der Waals surface area contributed by atoms with Crippen LogP contribution in [-0.4, -0.2) is 7.11 Å². The van der Waals surface area contributed by atoms with Gasteiger partial charge in [0.2, 0.25) is 0 Å². The lowest BCUT2D eigenvalue weighted by atomic mass is 9.98. The van der Waals surface area contributed by atoms with Gasteiger partial charge in [0.25, 0.3) is 0 Å². The zero-order chi connectivity index (χ0) is 14.7. The molecule has 1 aliphatic carbocycles. The summed E-state index contributed by atoms with van der Waals surface area (Å²) < 4.78 is 5.44. The van der Waals surface area contributed by atoms with E-state index < -0.39 is 0 Å². The van der Waals surface area contributed by atoms with Gasteiger partial charge in [-0.1, -0.05) is 18.2 Å². The fourth-order valence-electron chi connectivity index (χ4n) is 3.02. The number of nitrogens with two attached hydrogens (primary N) is 1. The van der Waals surface area contributed by atoms with Gasteiger partial charge < -0.3 is 4.74 Å². The van der Waals surface area contributed by atoms with Crippen molar-refractivity contribution in [1.29, 1.82) is 0 Å². The highest BCUT2D eigenvalue weighted by atomic mass is 32.1. The van der Waals surface area contributed by atoms with E-state index in [0.717, 1.165) is 12.2 Å². The number of hydrogen-bond acceptors (Lipinski definition) is 4. The molecule has 4 heteroatoms. The zero-order valence-electron chi connectivity index (χ0n) is 12.4. The quantitative estimate of drug-likeness (QED) is 0.657. The molecule has 21 heavy (non-hydrogen) atoms. The molecule has 0 aliphatic heterocycles. The minimum atomic E-state index is 0.150. The number of benzene rings is 1. The van der Waals surface area contributed by atoms with Crippen LogP contribution in [-0.2, 0) is 19.3 Å². The molecule has 0 radical (unpaired) electrons. The lowest BCUT2D eigenvalue weighted by Crippen LogP contribution is -2.29. The summed E-state index contributed by atoms with van der Waals surface area (Å²) in [6, 6.07) is 10.6. The van der Waals surface area contributed by atoms with Crippen LogP contribution in [0.1, 0.15) is 39.8 Å². The summed E-state index contributed by atoms with van der Waals surface area (Å²) in [6.45, 7) is 0. The second-order valence-electron chi connectivity index (χ2n) is 5.54. The lowest BCUT2D eigenvalue weighted by Gasteiger charge is -2.16. The number of hydrazine groups is 1. The fourth-order valence-corrected chi connectivity index (χ4v) is 4.34. The van der Waals surface area contributed by atoms with E-state index in [-0.39, 0.29) is 6.04 Å². The maximum absolute atomic E-state index is 5.82. The van der Waals surface area contributed by atoms with E-state index in [4.69, 9.17) is 10.6 Å². The average Bonchev–Trinajstić information content (AvgIpc) is 2.96. The van der Waals surface area contributed by atoms with Crippen molar-refractivity contribution in [2.45, 2.75) is 38.1 Å². The van der Waals surface area contributed by atoms with Gasteiger partial charge in [-0.2, -0.15) is 0 Å². The molecule has 0 saturated heterocycles. The molecule has 1 unspecified atom stereocenters. The van der Waals surface area contributed by atoms with Gasteiger partial charge in [0, 0.05) is 9.75 Å². The third-order valence-corrected chi connectivity index (χ3v) is 5.53. The Kier molecular flexibility index (Phi) is 4.58. The smallest absolute Gasteiger partial charge is 0.122 e. The van der Waals surface area contributed by atoms with Gasteiger partial charge in [-0.15, -0.1) is 11.3 Å². The summed E-state index contributed by atoms with van der Waals surface area (Å²) >= 11 is 1.92. The molecule has 0 bridgehead atoms. The third-order valence-electron chi connectivity index (χ3n) is 4.18. The molecule has 3 N–H and O–H groups in total. The van der Waals surface area contributed by atoms with Crippen LogP contribution in [0.2, 0.25) is 0 Å². The Bertz CT molecular complexity index is 585. The summed E-state index contributed by atoms with van der Waals surface area (Å²) in [5, 5.41) is 0. The fraction of sp³-hybridized carbons (Fsp3) is 0.412. The first kappa shape index (κ1) is 14.6. The van der Waals surface area contributed by atoms with Gasteiger partial charge in [0.1, 0.15) is 5.75 Å². The molecule has 0 spiro atoms. The van der Waals surface area contributed by atoms with Crippen LogP contribution in [0.5, 0.6) is 5.75 Å². The molecule has 0 saturated carbocycles. The van der Waals surface area contributed by atoms with Crippen LogP contribution in [0.25, 0.3) is 0 Å². The maximum Gasteiger partial charge on any atom is 0.122 e. The number of nitrogens with one attached hydrogen (secondary N) is 1. The number of rotatable bonds is 5. The standard InChI is InChI=1S/C17H22N2OS/c1-20-15-8-4-2-6-12(15)10-14(19-18)17-11-13-7-3-5-9-16(13)21-17/h2,4,6,8,11,14,19H,3,5,7,9-10,18H2,1H3. The molecule has 0 fully saturated rings. The number of ether oxygens (including phenoxy) is 1. The number of aryl methyl sites for hydroxylation is 2. The van der Waals surface area contributed by atoms with Crippen molar-refractivity contribution in [3.63, 3.8) is 0 Å². The highest BCUT2D eigenvalue weighted by Gasteiger charge is 2.19. The molecule has 2 aromatic rings. The van der Waals surface area contributed by atoms with Gasteiger partial charge >= 0.3 is 0 Å². The summed E-state index contributed by atoms with van der Waals surface area (Å²) in [5.41, 5.74) is 5.70. The van der Waals surface area contributed by atoms with Crippen LogP contribution in [0.4, 0.5) is 0 Å². The Hall–Kier alpha value is -1.36. The summed E-state index contributed by atoms with van der Waals surface area (Å²) in [4.78, 5) is 2.90. The normalized spacial score (nSPS) is 15.5. The van der Waals surface area contributed by atoms with Crippen molar-refractivity contribution in [1.82, 2.24) is 5.43 Å². The second kappa shape index (κ2) is 6.60. The monoisotopic (exact) mass is 302 g/mol. The topological polar surface area (TPSA) is 47.3 Å². The number of fused-ring (bicyclic) bond motifs is 1. The Labute approximate surface area is 130 Å². The molecule has 1 aromatic heterocycles. The van der Waals surface area contributed by atoms with E-state index in [1.165, 1.54) is 41.7 Å². The van der Waals surface area contributed by atoms with Crippen molar-refractivity contribution in [3.8, 4) is 5.75 Å². The summed E-state index contributed by atoms with van der Waals surface area (Å²) in [7, 11) is 1.72. The number of hydrogen-bond donors (Lipinski definition) is 2. The minimum absolute atomic E-state index is 0.150. The van der Waals surface area contributed by atoms with Gasteiger partial charge in [0.05, 0.1) is 13.2 Å². The van der Waals surface area contributed by atoms with Crippen molar-refractivity contribution < 1.29 is 4.74 Å². The molecule has 1 heterocycles. The molecule has 1 aromatic carbocycles. The van der Waals surface area contributed by atoms with E-state index in [9.17, 15) is 0 Å². The predicted molar refractivity (Wildman–Crippen MR) is 87.7 cm³/mol. The van der Waals surface area contributed by atoms with E-state index in [0.29, 0.717) is 0 Å². The summed E-state index contributed by atoms with van der Waals surface area (Å²) in [5.74, 6) is 6.75. The van der Waals surface area contributed by atoms with Gasteiger partial charge in [-0.3, -0.25) is 11.3 Å². The molecule has 112 valence electrons. The van der Waals surface area contributed by atoms with Gasteiger partial charge in [0.15, 0.2) is 0 Å². The molecule has 1 atom stereocenters. The highest BCUT2D eigenvalue weighted by Crippen LogP contribution is 2.34. The third kappa shape index (κ3) is 3.12. The van der Waals surface area contributed by atoms with Crippen molar-refractivity contribution in [2.24, 2.45) is 5.84 Å². The SMILES string of the molecule is COc1ccccc1CC(NN)c1cc2c(s1)CCCC2. The lowest BCUT2D eigenvalue weighted by molar-refractivity contribution is 0.406. The number of para-hydroxylation sites is 1. The van der Waals surface area contributed by atoms with E-state index >= 15 is 0 Å². The average molecular weight is 302 g/mol. The molecule has 3 nitrogen and oxygen atoms in total. The highest BCUT2D eigenvalue weighted by molar-refractivity contribution is 7.12. The Morgan fingerprint density at radius 2 is 2.10 bits per heavy atom. The van der Waals surface area contributed by atoms with Gasteiger partial charge in [-0.05, 0) is 55.4 Å². The molecule has 1 aliphatic rings. The first-order valence-electron chi connectivity index (χ1n) is 7.51. The van der Waals surface area contributed by atoms with E-state index in [1.807, 2.05) is 29.5 Å². The molecular weight excluding hydrogens is 280 g/mol. The maximum atomic E-state index is 5.82. The molecular formula is C17H22N2OS. The van der Waals surface area contributed by atoms with Crippen LogP contribution in [0.3, 0.4) is 0 Å². The van der Waals surface area contributed by atoms with Crippen molar-refractivity contribution in [3.05, 3.63) is 51.2 Å². The minimum Gasteiger partial charge on any atom is -0.496 e. The second-order valence-corrected chi connectivity index (χ2v) is 6.71. The number of methoxy groups -OCH3 is 1. The van der Waals surface area contributed by atoms with Crippen LogP contribution in [0, 0.1) is 0 Å². The number of thiophene rings is 1. The largest absolute Gasteiger partial charge is 0.496 e. The Morgan fingerprint density at radius 1 is 1.29 bits per heavy atom. The van der Waals surface area contributed by atoms with Crippen LogP contribution < -0.4 is 16.0 Å². The van der Waals surface area contributed by atoms with Crippen LogP contribution in [0.15, 0.2) is 30.3 Å². The first-order valence-corrected chi connectivity index (χ1v) is 8.33. The predicted octanol–water partition coefficient (Wildman–Crippen LogP) is 3.38. The van der Waals surface area contributed by atoms with Crippen LogP contribution >= 0.6 is 11.3 Å². The first-order chi connectivity index (χ1) is 10.3.